The standard InChI is InChI=1S/C5H9NO4/c6-2-3(5(9)10)1-4(7)8/h3H,1-2,6H2,(H,7,8)(H,9,10)/t3-/m0/s1. The van der Waals surface area contributed by atoms with Crippen LogP contribution in [0.15, 0.2) is 0 Å². The van der Waals surface area contributed by atoms with Crippen LogP contribution < -0.4 is 5.73 Å². The van der Waals surface area contributed by atoms with Crippen molar-refractivity contribution < 1.29 is 19.8 Å². The lowest BCUT2D eigenvalue weighted by Gasteiger charge is -2.03. The molecule has 0 aromatic carbocycles. The number of carboxylic acids is 2. The molecular formula is C5H9NO4. The molecule has 0 radical (unpaired) electrons. The van der Waals surface area contributed by atoms with Crippen molar-refractivity contribution in [2.45, 2.75) is 6.42 Å². The van der Waals surface area contributed by atoms with E-state index in [0.717, 1.165) is 0 Å². The Morgan fingerprint density at radius 2 is 1.90 bits per heavy atom. The first-order valence-electron chi connectivity index (χ1n) is 2.72. The quantitative estimate of drug-likeness (QED) is 0.479. The highest BCUT2D eigenvalue weighted by Gasteiger charge is 2.18. The van der Waals surface area contributed by atoms with Crippen LogP contribution in [-0.2, 0) is 9.59 Å². The first-order valence-corrected chi connectivity index (χ1v) is 2.72. The maximum atomic E-state index is 10.1. The summed E-state index contributed by atoms with van der Waals surface area (Å²) in [6, 6.07) is 0. The second-order valence-electron chi connectivity index (χ2n) is 1.87. The summed E-state index contributed by atoms with van der Waals surface area (Å²) in [5.74, 6) is -3.26. The first kappa shape index (κ1) is 8.90. The summed E-state index contributed by atoms with van der Waals surface area (Å²) in [6.07, 6.45) is -0.411. The van der Waals surface area contributed by atoms with Crippen LogP contribution in [0.3, 0.4) is 0 Å². The van der Waals surface area contributed by atoms with Gasteiger partial charge in [-0.15, -0.1) is 0 Å². The fourth-order valence-corrected chi connectivity index (χ4v) is 0.482. The number of rotatable bonds is 4. The van der Waals surface area contributed by atoms with Gasteiger partial charge in [0.1, 0.15) is 0 Å². The van der Waals surface area contributed by atoms with Gasteiger partial charge in [0.25, 0.3) is 0 Å². The molecule has 0 aromatic heterocycles. The van der Waals surface area contributed by atoms with Crippen LogP contribution in [0, 0.1) is 5.92 Å². The minimum Gasteiger partial charge on any atom is -0.481 e. The van der Waals surface area contributed by atoms with E-state index in [1.54, 1.807) is 0 Å². The Morgan fingerprint density at radius 1 is 1.40 bits per heavy atom. The molecule has 1 atom stereocenters. The Morgan fingerprint density at radius 3 is 2.00 bits per heavy atom. The van der Waals surface area contributed by atoms with Crippen LogP contribution in [-0.4, -0.2) is 28.7 Å². The fourth-order valence-electron chi connectivity index (χ4n) is 0.482. The number of aliphatic carboxylic acids is 2. The molecule has 0 aromatic rings. The molecule has 0 heterocycles. The van der Waals surface area contributed by atoms with Gasteiger partial charge >= 0.3 is 11.9 Å². The van der Waals surface area contributed by atoms with Crippen molar-refractivity contribution in [1.29, 1.82) is 0 Å². The van der Waals surface area contributed by atoms with Crippen molar-refractivity contribution >= 4 is 11.9 Å². The first-order chi connectivity index (χ1) is 4.57. The lowest BCUT2D eigenvalue weighted by molar-refractivity contribution is -0.147. The largest absolute Gasteiger partial charge is 0.481 e. The van der Waals surface area contributed by atoms with Gasteiger partial charge in [0.2, 0.25) is 0 Å². The smallest absolute Gasteiger partial charge is 0.308 e. The molecule has 0 saturated heterocycles. The van der Waals surface area contributed by atoms with Gasteiger partial charge in [-0.3, -0.25) is 9.59 Å². The van der Waals surface area contributed by atoms with E-state index in [4.69, 9.17) is 15.9 Å². The zero-order chi connectivity index (χ0) is 8.15. The Labute approximate surface area is 57.5 Å². The van der Waals surface area contributed by atoms with Crippen molar-refractivity contribution in [3.8, 4) is 0 Å². The molecule has 0 saturated carbocycles. The third-order valence-electron chi connectivity index (χ3n) is 1.05. The van der Waals surface area contributed by atoms with Gasteiger partial charge in [-0.1, -0.05) is 0 Å². The van der Waals surface area contributed by atoms with E-state index >= 15 is 0 Å². The Balaban J connectivity index is 3.83. The Hall–Kier alpha value is -1.10. The fraction of sp³-hybridized carbons (Fsp3) is 0.600. The van der Waals surface area contributed by atoms with Crippen molar-refractivity contribution in [2.75, 3.05) is 6.54 Å². The molecule has 58 valence electrons. The van der Waals surface area contributed by atoms with Gasteiger partial charge in [0, 0.05) is 6.54 Å². The minimum atomic E-state index is -1.16. The molecule has 0 aliphatic heterocycles. The summed E-state index contributed by atoms with van der Waals surface area (Å²) in [7, 11) is 0. The van der Waals surface area contributed by atoms with Crippen molar-refractivity contribution in [3.05, 3.63) is 0 Å². The number of carbonyl (C=O) groups is 2. The molecule has 0 rings (SSSR count). The highest BCUT2D eigenvalue weighted by molar-refractivity contribution is 5.77. The maximum absolute atomic E-state index is 10.1. The van der Waals surface area contributed by atoms with Crippen molar-refractivity contribution in [2.24, 2.45) is 11.7 Å². The summed E-state index contributed by atoms with van der Waals surface area (Å²) in [5.41, 5.74) is 4.98. The van der Waals surface area contributed by atoms with Gasteiger partial charge in [0.05, 0.1) is 12.3 Å². The second kappa shape index (κ2) is 3.84. The van der Waals surface area contributed by atoms with Gasteiger partial charge in [-0.2, -0.15) is 0 Å². The molecule has 0 unspecified atom stereocenters. The monoisotopic (exact) mass is 147 g/mol. The molecular weight excluding hydrogens is 138 g/mol. The van der Waals surface area contributed by atoms with E-state index in [2.05, 4.69) is 0 Å². The Bertz CT molecular complexity index is 145. The second-order valence-corrected chi connectivity index (χ2v) is 1.87. The number of hydrogen-bond acceptors (Lipinski definition) is 3. The lowest BCUT2D eigenvalue weighted by Crippen LogP contribution is -2.25. The number of hydrogen-bond donors (Lipinski definition) is 3. The average Bonchev–Trinajstić information content (AvgIpc) is 1.81. The third-order valence-corrected chi connectivity index (χ3v) is 1.05. The van der Waals surface area contributed by atoms with E-state index in [-0.39, 0.29) is 6.54 Å². The SMILES string of the molecule is NC[C@H](CC(=O)O)C(=O)O. The zero-order valence-electron chi connectivity index (χ0n) is 5.28. The average molecular weight is 147 g/mol. The van der Waals surface area contributed by atoms with Crippen molar-refractivity contribution in [1.82, 2.24) is 0 Å². The van der Waals surface area contributed by atoms with E-state index in [1.807, 2.05) is 0 Å². The summed E-state index contributed by atoms with van der Waals surface area (Å²) in [4.78, 5) is 20.1. The normalized spacial score (nSPS) is 12.5. The Kier molecular flexibility index (Phi) is 3.42. The molecule has 0 amide bonds. The molecule has 5 heteroatoms. The molecule has 10 heavy (non-hydrogen) atoms. The van der Waals surface area contributed by atoms with Crippen LogP contribution in [0.25, 0.3) is 0 Å². The molecule has 4 N–H and O–H groups in total. The highest BCUT2D eigenvalue weighted by atomic mass is 16.4. The number of carboxylic acid groups (broad SMARTS) is 2. The van der Waals surface area contributed by atoms with Crippen LogP contribution in [0.1, 0.15) is 6.42 Å². The number of nitrogens with two attached hydrogens (primary N) is 1. The van der Waals surface area contributed by atoms with Crippen LogP contribution in [0.2, 0.25) is 0 Å². The van der Waals surface area contributed by atoms with Gasteiger partial charge in [0.15, 0.2) is 0 Å². The summed E-state index contributed by atoms with van der Waals surface area (Å²) < 4.78 is 0. The third kappa shape index (κ3) is 3.03. The van der Waals surface area contributed by atoms with E-state index < -0.39 is 24.3 Å². The predicted molar refractivity (Wildman–Crippen MR) is 32.4 cm³/mol. The predicted octanol–water partition coefficient (Wildman–Crippen LogP) is -0.879. The lowest BCUT2D eigenvalue weighted by atomic mass is 10.1. The van der Waals surface area contributed by atoms with Gasteiger partial charge < -0.3 is 15.9 Å². The minimum absolute atomic E-state index is 0.137. The van der Waals surface area contributed by atoms with Crippen LogP contribution in [0.5, 0.6) is 0 Å². The van der Waals surface area contributed by atoms with Crippen LogP contribution in [0.4, 0.5) is 0 Å². The molecule has 5 nitrogen and oxygen atoms in total. The van der Waals surface area contributed by atoms with Gasteiger partial charge in [-0.25, -0.2) is 0 Å². The molecule has 0 fully saturated rings. The van der Waals surface area contributed by atoms with Crippen molar-refractivity contribution in [3.63, 3.8) is 0 Å². The molecule has 0 aliphatic carbocycles. The maximum Gasteiger partial charge on any atom is 0.308 e. The highest BCUT2D eigenvalue weighted by Crippen LogP contribution is 1.99. The van der Waals surface area contributed by atoms with E-state index in [9.17, 15) is 9.59 Å². The summed E-state index contributed by atoms with van der Waals surface area (Å²) in [5, 5.41) is 16.4. The molecule has 0 bridgehead atoms. The van der Waals surface area contributed by atoms with Crippen LogP contribution >= 0.6 is 0 Å². The van der Waals surface area contributed by atoms with E-state index in [0.29, 0.717) is 0 Å². The van der Waals surface area contributed by atoms with Gasteiger partial charge in [-0.05, 0) is 0 Å². The molecule has 0 spiro atoms. The topological polar surface area (TPSA) is 101 Å². The summed E-state index contributed by atoms with van der Waals surface area (Å²) >= 11 is 0. The van der Waals surface area contributed by atoms with E-state index in [1.165, 1.54) is 0 Å². The zero-order valence-corrected chi connectivity index (χ0v) is 5.28. The molecule has 0 aliphatic rings. The summed E-state index contributed by atoms with van der Waals surface area (Å²) in [6.45, 7) is -0.137.